The van der Waals surface area contributed by atoms with Gasteiger partial charge in [-0.2, -0.15) is 4.31 Å². The molecule has 0 bridgehead atoms. The van der Waals surface area contributed by atoms with E-state index in [1.165, 1.54) is 11.4 Å². The van der Waals surface area contributed by atoms with E-state index in [-0.39, 0.29) is 54.0 Å². The lowest BCUT2D eigenvalue weighted by Crippen LogP contribution is -2.48. The number of aliphatic hydroxyl groups is 1. The van der Waals surface area contributed by atoms with Gasteiger partial charge in [-0.05, 0) is 90.5 Å². The van der Waals surface area contributed by atoms with Crippen LogP contribution in [0.2, 0.25) is 0 Å². The molecule has 0 spiro atoms. The number of carbonyl (C=O) groups excluding carboxylic acids is 2. The van der Waals surface area contributed by atoms with Gasteiger partial charge < -0.3 is 29.7 Å². The van der Waals surface area contributed by atoms with Crippen molar-refractivity contribution in [1.82, 2.24) is 14.1 Å². The Hall–Kier alpha value is -3.03. The molecule has 256 valence electrons. The summed E-state index contributed by atoms with van der Waals surface area (Å²) in [5.41, 5.74) is 0.765. The van der Waals surface area contributed by atoms with Crippen LogP contribution >= 0.6 is 0 Å². The van der Waals surface area contributed by atoms with E-state index < -0.39 is 22.2 Å². The molecule has 46 heavy (non-hydrogen) atoms. The molecule has 1 heterocycles. The van der Waals surface area contributed by atoms with E-state index in [0.717, 1.165) is 25.8 Å². The van der Waals surface area contributed by atoms with Gasteiger partial charge in [-0.1, -0.05) is 25.1 Å². The number of aliphatic hydroxyl groups excluding tert-OH is 1. The van der Waals surface area contributed by atoms with Crippen LogP contribution in [0.4, 0.5) is 5.69 Å². The monoisotopic (exact) mass is 660 g/mol. The summed E-state index contributed by atoms with van der Waals surface area (Å²) in [6, 6.07) is 12.8. The van der Waals surface area contributed by atoms with Crippen molar-refractivity contribution in [3.8, 4) is 5.75 Å². The lowest BCUT2D eigenvalue weighted by molar-refractivity contribution is -0.116. The fraction of sp³-hybridized carbons (Fsp3) is 0.588. The van der Waals surface area contributed by atoms with Gasteiger partial charge >= 0.3 is 0 Å². The molecule has 0 saturated carbocycles. The number of hydrogen-bond acceptors (Lipinski definition) is 8. The van der Waals surface area contributed by atoms with Crippen molar-refractivity contribution in [2.24, 2.45) is 5.92 Å². The van der Waals surface area contributed by atoms with Crippen LogP contribution < -0.4 is 10.1 Å². The van der Waals surface area contributed by atoms with Crippen LogP contribution in [0.15, 0.2) is 53.4 Å². The lowest BCUT2D eigenvalue weighted by Gasteiger charge is -2.35. The summed E-state index contributed by atoms with van der Waals surface area (Å²) >= 11 is 0. The number of sulfonamides is 1. The first-order valence-corrected chi connectivity index (χ1v) is 17.6. The predicted octanol–water partition coefficient (Wildman–Crippen LogP) is 4.08. The standard InChI is InChI=1S/C34H52N4O7S/c1-25-22-38(26(2)24-39)34(41)30-21-28(35-33(40)16-12-19-36(4)5)17-18-31(30)45-27(3)13-10-11-20-44-32(25)23-37(6)46(42,43)29-14-8-7-9-15-29/h7-9,14-15,17-18,21,25-27,32,39H,10-13,16,19-20,22-24H2,1-6H3,(H,35,40)/t25-,26+,27-,32+/m1/s1. The van der Waals surface area contributed by atoms with Crippen LogP contribution in [0.3, 0.4) is 0 Å². The largest absolute Gasteiger partial charge is 0.490 e. The van der Waals surface area contributed by atoms with Gasteiger partial charge in [-0.3, -0.25) is 9.59 Å². The normalized spacial score (nSPS) is 20.9. The van der Waals surface area contributed by atoms with Crippen molar-refractivity contribution in [2.45, 2.75) is 76.0 Å². The van der Waals surface area contributed by atoms with Crippen molar-refractivity contribution < 1.29 is 32.6 Å². The number of likely N-dealkylation sites (N-methyl/N-ethyl adjacent to an activating group) is 1. The molecule has 0 aromatic heterocycles. The lowest BCUT2D eigenvalue weighted by atomic mass is 10.0. The zero-order valence-electron chi connectivity index (χ0n) is 28.1. The second kappa shape index (κ2) is 17.8. The molecule has 0 saturated heterocycles. The van der Waals surface area contributed by atoms with Crippen molar-refractivity contribution in [3.05, 3.63) is 54.1 Å². The van der Waals surface area contributed by atoms with Crippen LogP contribution in [-0.2, 0) is 19.6 Å². The van der Waals surface area contributed by atoms with Gasteiger partial charge in [0, 0.05) is 44.8 Å². The third-order valence-electron chi connectivity index (χ3n) is 8.23. The van der Waals surface area contributed by atoms with E-state index in [4.69, 9.17) is 9.47 Å². The van der Waals surface area contributed by atoms with Crippen molar-refractivity contribution in [2.75, 3.05) is 59.3 Å². The van der Waals surface area contributed by atoms with Gasteiger partial charge in [-0.25, -0.2) is 8.42 Å². The summed E-state index contributed by atoms with van der Waals surface area (Å²) < 4.78 is 40.6. The zero-order chi connectivity index (χ0) is 33.9. The van der Waals surface area contributed by atoms with E-state index in [1.807, 2.05) is 32.8 Å². The average molecular weight is 661 g/mol. The van der Waals surface area contributed by atoms with Gasteiger partial charge in [0.05, 0.1) is 35.3 Å². The molecule has 2 N–H and O–H groups in total. The van der Waals surface area contributed by atoms with Crippen LogP contribution in [0.1, 0.15) is 63.2 Å². The molecule has 3 rings (SSSR count). The molecule has 1 aliphatic rings. The van der Waals surface area contributed by atoms with Crippen molar-refractivity contribution in [3.63, 3.8) is 0 Å². The number of amides is 2. The van der Waals surface area contributed by atoms with Gasteiger partial charge in [0.1, 0.15) is 5.75 Å². The highest BCUT2D eigenvalue weighted by atomic mass is 32.2. The molecule has 4 atom stereocenters. The number of ether oxygens (including phenoxy) is 2. The van der Waals surface area contributed by atoms with E-state index >= 15 is 0 Å². The highest BCUT2D eigenvalue weighted by Gasteiger charge is 2.32. The Morgan fingerprint density at radius 3 is 2.50 bits per heavy atom. The van der Waals surface area contributed by atoms with Gasteiger partial charge in [0.15, 0.2) is 0 Å². The molecular formula is C34H52N4O7S. The second-order valence-electron chi connectivity index (χ2n) is 12.6. The number of carbonyl (C=O) groups is 2. The fourth-order valence-electron chi connectivity index (χ4n) is 5.37. The molecule has 1 aliphatic heterocycles. The average Bonchev–Trinajstić information content (AvgIpc) is 3.02. The van der Waals surface area contributed by atoms with E-state index in [1.54, 1.807) is 60.4 Å². The third-order valence-corrected chi connectivity index (χ3v) is 10.1. The minimum atomic E-state index is -3.76. The molecule has 11 nitrogen and oxygen atoms in total. The molecule has 0 aliphatic carbocycles. The van der Waals surface area contributed by atoms with Crippen LogP contribution in [0, 0.1) is 5.92 Å². The number of fused-ring (bicyclic) bond motifs is 1. The predicted molar refractivity (Wildman–Crippen MR) is 180 cm³/mol. The van der Waals surface area contributed by atoms with Crippen LogP contribution in [0.5, 0.6) is 5.75 Å². The Morgan fingerprint density at radius 1 is 1.11 bits per heavy atom. The second-order valence-corrected chi connectivity index (χ2v) is 14.6. The Balaban J connectivity index is 1.92. The quantitative estimate of drug-likeness (QED) is 0.369. The molecule has 0 fully saturated rings. The summed E-state index contributed by atoms with van der Waals surface area (Å²) in [7, 11) is 1.69. The number of rotatable bonds is 11. The maximum Gasteiger partial charge on any atom is 0.258 e. The van der Waals surface area contributed by atoms with Gasteiger partial charge in [0.25, 0.3) is 5.91 Å². The Labute approximate surface area is 274 Å². The SMILES string of the molecule is C[C@@H]1CCCCO[C@@H](CN(C)S(=O)(=O)c2ccccc2)[C@H](C)CN([C@@H](C)CO)C(=O)c2cc(NC(=O)CCCN(C)C)ccc2O1. The smallest absolute Gasteiger partial charge is 0.258 e. The highest BCUT2D eigenvalue weighted by molar-refractivity contribution is 7.89. The first-order chi connectivity index (χ1) is 21.8. The highest BCUT2D eigenvalue weighted by Crippen LogP contribution is 2.29. The van der Waals surface area contributed by atoms with Crippen molar-refractivity contribution in [1.29, 1.82) is 0 Å². The third kappa shape index (κ3) is 10.8. The summed E-state index contributed by atoms with van der Waals surface area (Å²) in [5.74, 6) is -0.393. The maximum atomic E-state index is 14.3. The first-order valence-electron chi connectivity index (χ1n) is 16.1. The number of anilines is 1. The molecular weight excluding hydrogens is 608 g/mol. The molecule has 2 amide bonds. The van der Waals surface area contributed by atoms with E-state index in [9.17, 15) is 23.1 Å². The fourth-order valence-corrected chi connectivity index (χ4v) is 6.57. The molecule has 2 aromatic rings. The number of nitrogens with one attached hydrogen (secondary N) is 1. The van der Waals surface area contributed by atoms with Crippen LogP contribution in [-0.4, -0.2) is 112 Å². The van der Waals surface area contributed by atoms with E-state index in [0.29, 0.717) is 30.9 Å². The van der Waals surface area contributed by atoms with Gasteiger partial charge in [0.2, 0.25) is 15.9 Å². The summed E-state index contributed by atoms with van der Waals surface area (Å²) in [6.45, 7) is 6.85. The molecule has 12 heteroatoms. The zero-order valence-corrected chi connectivity index (χ0v) is 29.0. The van der Waals surface area contributed by atoms with Crippen molar-refractivity contribution >= 4 is 27.5 Å². The van der Waals surface area contributed by atoms with Gasteiger partial charge in [-0.15, -0.1) is 0 Å². The van der Waals surface area contributed by atoms with Crippen LogP contribution in [0.25, 0.3) is 0 Å². The first kappa shape index (κ1) is 37.4. The molecule has 2 aromatic carbocycles. The Kier molecular flexibility index (Phi) is 14.5. The minimum absolute atomic E-state index is 0.0913. The van der Waals surface area contributed by atoms with E-state index in [2.05, 4.69) is 5.32 Å². The molecule has 0 unspecified atom stereocenters. The minimum Gasteiger partial charge on any atom is -0.490 e. The molecule has 0 radical (unpaired) electrons. The topological polar surface area (TPSA) is 129 Å². The Morgan fingerprint density at radius 2 is 1.83 bits per heavy atom. The summed E-state index contributed by atoms with van der Waals surface area (Å²) in [5, 5.41) is 13.1. The summed E-state index contributed by atoms with van der Waals surface area (Å²) in [6.07, 6.45) is 2.63. The Bertz CT molecular complexity index is 1370. The maximum absolute atomic E-state index is 14.3. The number of benzene rings is 2. The number of hydrogen-bond donors (Lipinski definition) is 2. The number of nitrogens with zero attached hydrogens (tertiary/aromatic N) is 3. The summed E-state index contributed by atoms with van der Waals surface area (Å²) in [4.78, 5) is 30.7.